The van der Waals surface area contributed by atoms with Gasteiger partial charge in [0, 0.05) is 6.20 Å². The Bertz CT molecular complexity index is 394. The van der Waals surface area contributed by atoms with Crippen LogP contribution in [0.15, 0.2) is 24.5 Å². The van der Waals surface area contributed by atoms with Crippen LogP contribution in [0.4, 0.5) is 5.69 Å². The molecule has 1 aliphatic rings. The number of nitrogens with zero attached hydrogens (tertiary/aromatic N) is 1. The third kappa shape index (κ3) is 3.43. The number of pyridine rings is 1. The second-order valence-electron chi connectivity index (χ2n) is 5.21. The van der Waals surface area contributed by atoms with Gasteiger partial charge in [0.05, 0.1) is 17.9 Å². The second kappa shape index (κ2) is 6.16. The summed E-state index contributed by atoms with van der Waals surface area (Å²) in [7, 11) is 0. The molecule has 0 aromatic carbocycles. The number of hydrogen-bond donors (Lipinski definition) is 2. The number of halogens is 1. The fourth-order valence-electron chi connectivity index (χ4n) is 2.31. The maximum Gasteiger partial charge on any atom is 0.242 e. The molecule has 0 saturated carbocycles. The van der Waals surface area contributed by atoms with Crippen LogP contribution >= 0.6 is 12.4 Å². The van der Waals surface area contributed by atoms with Crippen LogP contribution in [-0.4, -0.2) is 23.5 Å². The van der Waals surface area contributed by atoms with Crippen molar-refractivity contribution in [1.82, 2.24) is 10.3 Å². The van der Waals surface area contributed by atoms with E-state index >= 15 is 0 Å². The minimum absolute atomic E-state index is 0. The van der Waals surface area contributed by atoms with Gasteiger partial charge in [-0.15, -0.1) is 12.4 Å². The van der Waals surface area contributed by atoms with E-state index in [0.717, 1.165) is 25.1 Å². The molecule has 5 heteroatoms. The lowest BCUT2D eigenvalue weighted by molar-refractivity contribution is -0.121. The molecule has 1 unspecified atom stereocenters. The van der Waals surface area contributed by atoms with Crippen molar-refractivity contribution in [3.8, 4) is 0 Å². The SMILES string of the molecule is CC1(C)CCCNC1C(=O)Nc1cccnc1.Cl. The molecular weight excluding hydrogens is 250 g/mol. The van der Waals surface area contributed by atoms with E-state index in [9.17, 15) is 4.79 Å². The van der Waals surface area contributed by atoms with Crippen LogP contribution in [0.3, 0.4) is 0 Å². The highest BCUT2D eigenvalue weighted by molar-refractivity contribution is 5.95. The Kier molecular flexibility index (Phi) is 5.11. The van der Waals surface area contributed by atoms with Crippen molar-refractivity contribution in [1.29, 1.82) is 0 Å². The molecule has 4 nitrogen and oxygen atoms in total. The third-order valence-corrected chi connectivity index (χ3v) is 3.32. The van der Waals surface area contributed by atoms with Gasteiger partial charge >= 0.3 is 0 Å². The molecule has 1 saturated heterocycles. The number of anilines is 1. The molecule has 1 fully saturated rings. The zero-order valence-electron chi connectivity index (χ0n) is 10.8. The zero-order valence-corrected chi connectivity index (χ0v) is 11.6. The molecule has 1 amide bonds. The van der Waals surface area contributed by atoms with Crippen molar-refractivity contribution in [2.45, 2.75) is 32.7 Å². The standard InChI is InChI=1S/C13H19N3O.ClH/c1-13(2)6-4-8-15-11(13)12(17)16-10-5-3-7-14-9-10;/h3,5,7,9,11,15H,4,6,8H2,1-2H3,(H,16,17);1H. The molecule has 1 aromatic heterocycles. The van der Waals surface area contributed by atoms with Gasteiger partial charge < -0.3 is 10.6 Å². The van der Waals surface area contributed by atoms with Crippen molar-refractivity contribution in [2.75, 3.05) is 11.9 Å². The van der Waals surface area contributed by atoms with Gasteiger partial charge in [-0.25, -0.2) is 0 Å². The van der Waals surface area contributed by atoms with Crippen LogP contribution in [0.2, 0.25) is 0 Å². The van der Waals surface area contributed by atoms with E-state index in [-0.39, 0.29) is 29.8 Å². The Morgan fingerprint density at radius 1 is 1.56 bits per heavy atom. The quantitative estimate of drug-likeness (QED) is 0.866. The Hall–Kier alpha value is -1.13. The third-order valence-electron chi connectivity index (χ3n) is 3.32. The lowest BCUT2D eigenvalue weighted by atomic mass is 9.77. The van der Waals surface area contributed by atoms with E-state index in [1.807, 2.05) is 12.1 Å². The molecule has 18 heavy (non-hydrogen) atoms. The van der Waals surface area contributed by atoms with Crippen LogP contribution in [0.1, 0.15) is 26.7 Å². The first kappa shape index (κ1) is 14.9. The predicted octanol–water partition coefficient (Wildman–Crippen LogP) is 2.22. The maximum atomic E-state index is 12.2. The topological polar surface area (TPSA) is 54.0 Å². The molecule has 2 N–H and O–H groups in total. The van der Waals surface area contributed by atoms with Crippen molar-refractivity contribution < 1.29 is 4.79 Å². The average Bonchev–Trinajstić information content (AvgIpc) is 2.29. The smallest absolute Gasteiger partial charge is 0.242 e. The molecule has 1 atom stereocenters. The first-order valence-corrected chi connectivity index (χ1v) is 6.04. The number of hydrogen-bond acceptors (Lipinski definition) is 3. The van der Waals surface area contributed by atoms with E-state index in [1.54, 1.807) is 12.4 Å². The fraction of sp³-hybridized carbons (Fsp3) is 0.538. The van der Waals surface area contributed by atoms with Gasteiger partial charge in [0.2, 0.25) is 5.91 Å². The Balaban J connectivity index is 0.00000162. The summed E-state index contributed by atoms with van der Waals surface area (Å²) in [5.41, 5.74) is 0.755. The normalized spacial score (nSPS) is 21.8. The van der Waals surface area contributed by atoms with Crippen molar-refractivity contribution in [3.05, 3.63) is 24.5 Å². The van der Waals surface area contributed by atoms with Gasteiger partial charge in [-0.1, -0.05) is 13.8 Å². The molecule has 2 heterocycles. The van der Waals surface area contributed by atoms with Gasteiger partial charge in [-0.3, -0.25) is 9.78 Å². The van der Waals surface area contributed by atoms with Crippen molar-refractivity contribution >= 4 is 24.0 Å². The van der Waals surface area contributed by atoms with E-state index in [0.29, 0.717) is 0 Å². The monoisotopic (exact) mass is 269 g/mol. The molecule has 1 aromatic rings. The Morgan fingerprint density at radius 3 is 2.94 bits per heavy atom. The van der Waals surface area contributed by atoms with Gasteiger partial charge in [-0.05, 0) is 36.9 Å². The van der Waals surface area contributed by atoms with Crippen LogP contribution < -0.4 is 10.6 Å². The Labute approximate surface area is 114 Å². The summed E-state index contributed by atoms with van der Waals surface area (Å²) in [5, 5.41) is 6.20. The van der Waals surface area contributed by atoms with Gasteiger partial charge in [0.1, 0.15) is 0 Å². The summed E-state index contributed by atoms with van der Waals surface area (Å²) in [4.78, 5) is 16.2. The number of carbonyl (C=O) groups excluding carboxylic acids is 1. The minimum Gasteiger partial charge on any atom is -0.323 e. The fourth-order valence-corrected chi connectivity index (χ4v) is 2.31. The summed E-state index contributed by atoms with van der Waals surface area (Å²) in [6.07, 6.45) is 5.56. The summed E-state index contributed by atoms with van der Waals surface area (Å²) in [6, 6.07) is 3.53. The number of aromatic nitrogens is 1. The van der Waals surface area contributed by atoms with Gasteiger partial charge in [0.25, 0.3) is 0 Å². The first-order chi connectivity index (χ1) is 8.09. The number of carbonyl (C=O) groups is 1. The van der Waals surface area contributed by atoms with E-state index in [2.05, 4.69) is 29.5 Å². The lowest BCUT2D eigenvalue weighted by Gasteiger charge is -2.38. The summed E-state index contributed by atoms with van der Waals surface area (Å²) >= 11 is 0. The number of piperidine rings is 1. The van der Waals surface area contributed by atoms with Crippen LogP contribution in [0.5, 0.6) is 0 Å². The minimum atomic E-state index is -0.128. The van der Waals surface area contributed by atoms with Gasteiger partial charge in [-0.2, -0.15) is 0 Å². The second-order valence-corrected chi connectivity index (χ2v) is 5.21. The van der Waals surface area contributed by atoms with Gasteiger partial charge in [0.15, 0.2) is 0 Å². The molecule has 1 aliphatic heterocycles. The highest BCUT2D eigenvalue weighted by Crippen LogP contribution is 2.30. The predicted molar refractivity (Wildman–Crippen MR) is 74.9 cm³/mol. The highest BCUT2D eigenvalue weighted by atomic mass is 35.5. The number of nitrogens with one attached hydrogen (secondary N) is 2. The zero-order chi connectivity index (χ0) is 12.3. The molecule has 0 aliphatic carbocycles. The maximum absolute atomic E-state index is 12.2. The average molecular weight is 270 g/mol. The molecular formula is C13H20ClN3O. The molecule has 100 valence electrons. The van der Waals surface area contributed by atoms with Crippen LogP contribution in [0, 0.1) is 5.41 Å². The number of amides is 1. The lowest BCUT2D eigenvalue weighted by Crippen LogP contribution is -2.53. The van der Waals surface area contributed by atoms with Crippen LogP contribution in [0.25, 0.3) is 0 Å². The summed E-state index contributed by atoms with van der Waals surface area (Å²) in [5.74, 6) is 0.0303. The van der Waals surface area contributed by atoms with E-state index < -0.39 is 0 Å². The summed E-state index contributed by atoms with van der Waals surface area (Å²) in [6.45, 7) is 5.17. The van der Waals surface area contributed by atoms with E-state index in [4.69, 9.17) is 0 Å². The largest absolute Gasteiger partial charge is 0.323 e. The number of rotatable bonds is 2. The van der Waals surface area contributed by atoms with Crippen molar-refractivity contribution in [2.24, 2.45) is 5.41 Å². The highest BCUT2D eigenvalue weighted by Gasteiger charge is 2.36. The molecule has 0 bridgehead atoms. The van der Waals surface area contributed by atoms with E-state index in [1.165, 1.54) is 0 Å². The Morgan fingerprint density at radius 2 is 2.33 bits per heavy atom. The first-order valence-electron chi connectivity index (χ1n) is 6.04. The molecule has 0 radical (unpaired) electrons. The molecule has 2 rings (SSSR count). The molecule has 0 spiro atoms. The van der Waals surface area contributed by atoms with Crippen LogP contribution in [-0.2, 0) is 4.79 Å². The summed E-state index contributed by atoms with van der Waals surface area (Å²) < 4.78 is 0. The van der Waals surface area contributed by atoms with Crippen molar-refractivity contribution in [3.63, 3.8) is 0 Å².